The summed E-state index contributed by atoms with van der Waals surface area (Å²) in [7, 11) is 0. The van der Waals surface area contributed by atoms with Crippen molar-refractivity contribution >= 4 is 0 Å². The van der Waals surface area contributed by atoms with Crippen LogP contribution < -0.4 is 5.32 Å². The van der Waals surface area contributed by atoms with Crippen molar-refractivity contribution in [2.45, 2.75) is 46.2 Å². The monoisotopic (exact) mass is 196 g/mol. The van der Waals surface area contributed by atoms with E-state index in [2.05, 4.69) is 43.8 Å². The maximum atomic E-state index is 5.40. The van der Waals surface area contributed by atoms with Crippen molar-refractivity contribution in [3.05, 3.63) is 0 Å². The van der Waals surface area contributed by atoms with Crippen molar-refractivity contribution in [2.24, 2.45) is 0 Å². The minimum Gasteiger partial charge on any atom is -0.302 e. The summed E-state index contributed by atoms with van der Waals surface area (Å²) in [6.07, 6.45) is 6.40. The third-order valence-corrected chi connectivity index (χ3v) is 2.52. The molecule has 0 saturated carbocycles. The summed E-state index contributed by atoms with van der Waals surface area (Å²) in [6.45, 7) is 12.0. The van der Waals surface area contributed by atoms with Gasteiger partial charge in [-0.1, -0.05) is 26.7 Å². The summed E-state index contributed by atoms with van der Waals surface area (Å²) in [4.78, 5) is 2.40. The Kier molecular flexibility index (Phi) is 7.55. The molecule has 0 aromatic heterocycles. The van der Waals surface area contributed by atoms with E-state index in [4.69, 9.17) is 6.42 Å². The molecule has 2 nitrogen and oxygen atoms in total. The number of nitrogens with one attached hydrogen (secondary N) is 1. The first-order chi connectivity index (χ1) is 6.67. The molecule has 0 aliphatic carbocycles. The molecular weight excluding hydrogens is 172 g/mol. The van der Waals surface area contributed by atoms with Crippen molar-refractivity contribution in [3.63, 3.8) is 0 Å². The lowest BCUT2D eigenvalue weighted by atomic mass is 10.2. The van der Waals surface area contributed by atoms with Crippen LogP contribution in [0.5, 0.6) is 0 Å². The Morgan fingerprint density at radius 3 is 2.21 bits per heavy atom. The fourth-order valence-corrected chi connectivity index (χ4v) is 1.55. The molecule has 0 bridgehead atoms. The first-order valence-electron chi connectivity index (χ1n) is 5.62. The Bertz CT molecular complexity index is 168. The molecule has 0 rings (SSSR count). The first kappa shape index (κ1) is 13.5. The Hall–Kier alpha value is -0.520. The molecule has 2 heteroatoms. The first-order valence-corrected chi connectivity index (χ1v) is 5.62. The fraction of sp³-hybridized carbons (Fsp3) is 0.833. The van der Waals surface area contributed by atoms with Crippen molar-refractivity contribution in [3.8, 4) is 12.3 Å². The van der Waals surface area contributed by atoms with E-state index in [1.165, 1.54) is 0 Å². The van der Waals surface area contributed by atoms with Crippen LogP contribution in [0.3, 0.4) is 0 Å². The molecule has 0 saturated heterocycles. The zero-order chi connectivity index (χ0) is 11.0. The van der Waals surface area contributed by atoms with Crippen molar-refractivity contribution in [1.29, 1.82) is 0 Å². The van der Waals surface area contributed by atoms with Gasteiger partial charge in [0.1, 0.15) is 0 Å². The highest BCUT2D eigenvalue weighted by molar-refractivity contribution is 4.98. The molecule has 0 spiro atoms. The van der Waals surface area contributed by atoms with Crippen molar-refractivity contribution < 1.29 is 0 Å². The highest BCUT2D eigenvalue weighted by Gasteiger charge is 2.09. The molecule has 2 unspecified atom stereocenters. The quantitative estimate of drug-likeness (QED) is 0.624. The Labute approximate surface area is 89.1 Å². The molecule has 0 aromatic carbocycles. The van der Waals surface area contributed by atoms with E-state index in [-0.39, 0.29) is 6.04 Å². The van der Waals surface area contributed by atoms with Crippen LogP contribution in [-0.4, -0.2) is 36.6 Å². The summed E-state index contributed by atoms with van der Waals surface area (Å²) in [5, 5.41) is 3.44. The summed E-state index contributed by atoms with van der Waals surface area (Å²) in [5.74, 6) is 2.76. The van der Waals surface area contributed by atoms with Gasteiger partial charge in [-0.3, -0.25) is 5.32 Å². The lowest BCUT2D eigenvalue weighted by molar-refractivity contribution is 0.266. The standard InChI is InChI=1S/C12H24N2/c1-6-12(7-2)13-11(5)10-14(8-3)9-4/h1,11-13H,7-10H2,2-5H3. The molecule has 0 fully saturated rings. The van der Waals surface area contributed by atoms with E-state index in [1.54, 1.807) is 0 Å². The minimum absolute atomic E-state index is 0.223. The topological polar surface area (TPSA) is 15.3 Å². The zero-order valence-electron chi connectivity index (χ0n) is 10.0. The third kappa shape index (κ3) is 5.26. The van der Waals surface area contributed by atoms with Crippen LogP contribution in [0, 0.1) is 12.3 Å². The molecule has 0 amide bonds. The van der Waals surface area contributed by atoms with Gasteiger partial charge in [0.15, 0.2) is 0 Å². The molecular formula is C12H24N2. The van der Waals surface area contributed by atoms with Crippen LogP contribution >= 0.6 is 0 Å². The predicted molar refractivity (Wildman–Crippen MR) is 63.3 cm³/mol. The second-order valence-corrected chi connectivity index (χ2v) is 3.68. The van der Waals surface area contributed by atoms with Gasteiger partial charge in [-0.15, -0.1) is 6.42 Å². The largest absolute Gasteiger partial charge is 0.302 e. The van der Waals surface area contributed by atoms with Gasteiger partial charge >= 0.3 is 0 Å². The number of nitrogens with zero attached hydrogens (tertiary/aromatic N) is 1. The molecule has 0 radical (unpaired) electrons. The predicted octanol–water partition coefficient (Wildman–Crippen LogP) is 1.72. The molecule has 2 atom stereocenters. The number of hydrogen-bond donors (Lipinski definition) is 1. The lowest BCUT2D eigenvalue weighted by Crippen LogP contribution is -2.43. The number of terminal acetylenes is 1. The van der Waals surface area contributed by atoms with E-state index in [1.807, 2.05) is 0 Å². The SMILES string of the molecule is C#CC(CC)NC(C)CN(CC)CC. The van der Waals surface area contributed by atoms with Gasteiger partial charge in [-0.2, -0.15) is 0 Å². The average Bonchev–Trinajstić information content (AvgIpc) is 2.22. The molecule has 0 aromatic rings. The molecule has 0 aliphatic rings. The highest BCUT2D eigenvalue weighted by atomic mass is 15.1. The van der Waals surface area contributed by atoms with Gasteiger partial charge in [0, 0.05) is 12.6 Å². The second kappa shape index (κ2) is 7.84. The van der Waals surface area contributed by atoms with E-state index in [9.17, 15) is 0 Å². The van der Waals surface area contributed by atoms with Gasteiger partial charge in [-0.25, -0.2) is 0 Å². The Morgan fingerprint density at radius 2 is 1.86 bits per heavy atom. The average molecular weight is 196 g/mol. The van der Waals surface area contributed by atoms with Gasteiger partial charge in [0.25, 0.3) is 0 Å². The van der Waals surface area contributed by atoms with Crippen molar-refractivity contribution in [2.75, 3.05) is 19.6 Å². The maximum absolute atomic E-state index is 5.40. The number of hydrogen-bond acceptors (Lipinski definition) is 2. The number of rotatable bonds is 7. The fourth-order valence-electron chi connectivity index (χ4n) is 1.55. The minimum atomic E-state index is 0.223. The van der Waals surface area contributed by atoms with E-state index in [0.29, 0.717) is 6.04 Å². The summed E-state index contributed by atoms with van der Waals surface area (Å²) in [6, 6.07) is 0.691. The normalized spacial score (nSPS) is 15.1. The van der Waals surface area contributed by atoms with Crippen LogP contribution in [0.1, 0.15) is 34.1 Å². The third-order valence-electron chi connectivity index (χ3n) is 2.52. The maximum Gasteiger partial charge on any atom is 0.0686 e. The van der Waals surface area contributed by atoms with E-state index < -0.39 is 0 Å². The van der Waals surface area contributed by atoms with Gasteiger partial charge < -0.3 is 4.90 Å². The Morgan fingerprint density at radius 1 is 1.29 bits per heavy atom. The van der Waals surface area contributed by atoms with Crippen LogP contribution in [-0.2, 0) is 0 Å². The second-order valence-electron chi connectivity index (χ2n) is 3.68. The van der Waals surface area contributed by atoms with Crippen LogP contribution in [0.2, 0.25) is 0 Å². The molecule has 82 valence electrons. The van der Waals surface area contributed by atoms with E-state index in [0.717, 1.165) is 26.1 Å². The number of likely N-dealkylation sites (N-methyl/N-ethyl adjacent to an activating group) is 1. The molecule has 1 N–H and O–H groups in total. The summed E-state index contributed by atoms with van der Waals surface area (Å²) in [5.41, 5.74) is 0. The van der Waals surface area contributed by atoms with Gasteiger partial charge in [0.2, 0.25) is 0 Å². The van der Waals surface area contributed by atoms with Crippen molar-refractivity contribution in [1.82, 2.24) is 10.2 Å². The van der Waals surface area contributed by atoms with Gasteiger partial charge in [0.05, 0.1) is 6.04 Å². The Balaban J connectivity index is 3.84. The van der Waals surface area contributed by atoms with Crippen LogP contribution in [0.25, 0.3) is 0 Å². The summed E-state index contributed by atoms with van der Waals surface area (Å²) >= 11 is 0. The highest BCUT2D eigenvalue weighted by Crippen LogP contribution is 1.95. The molecule has 0 heterocycles. The van der Waals surface area contributed by atoms with E-state index >= 15 is 0 Å². The summed E-state index contributed by atoms with van der Waals surface area (Å²) < 4.78 is 0. The van der Waals surface area contributed by atoms with Gasteiger partial charge in [-0.05, 0) is 26.4 Å². The van der Waals surface area contributed by atoms with Crippen LogP contribution in [0.15, 0.2) is 0 Å². The lowest BCUT2D eigenvalue weighted by Gasteiger charge is -2.25. The van der Waals surface area contributed by atoms with Crippen LogP contribution in [0.4, 0.5) is 0 Å². The smallest absolute Gasteiger partial charge is 0.0686 e. The zero-order valence-corrected chi connectivity index (χ0v) is 10.0. The molecule has 0 aliphatic heterocycles. The molecule has 14 heavy (non-hydrogen) atoms.